The lowest BCUT2D eigenvalue weighted by atomic mass is 10.3. The lowest BCUT2D eigenvalue weighted by Crippen LogP contribution is -2.30. The molecule has 1 N–H and O–H groups in total. The SMILES string of the molecule is CCCCN(C)CC(=O)Nc1ccc(OC)cc1. The van der Waals surface area contributed by atoms with Gasteiger partial charge in [0.05, 0.1) is 13.7 Å². The Morgan fingerprint density at radius 2 is 2.00 bits per heavy atom. The number of benzene rings is 1. The number of unbranched alkanes of at least 4 members (excludes halogenated alkanes) is 1. The minimum atomic E-state index is 0.0127. The minimum Gasteiger partial charge on any atom is -0.497 e. The van der Waals surface area contributed by atoms with Crippen molar-refractivity contribution in [2.75, 3.05) is 32.6 Å². The number of amides is 1. The van der Waals surface area contributed by atoms with Gasteiger partial charge in [-0.25, -0.2) is 0 Å². The van der Waals surface area contributed by atoms with Crippen LogP contribution in [0.1, 0.15) is 19.8 Å². The van der Waals surface area contributed by atoms with Crippen molar-refractivity contribution >= 4 is 11.6 Å². The molecule has 0 saturated heterocycles. The van der Waals surface area contributed by atoms with Gasteiger partial charge in [0, 0.05) is 5.69 Å². The topological polar surface area (TPSA) is 41.6 Å². The summed E-state index contributed by atoms with van der Waals surface area (Å²) in [4.78, 5) is 13.8. The Labute approximate surface area is 109 Å². The van der Waals surface area contributed by atoms with Crippen molar-refractivity contribution in [2.24, 2.45) is 0 Å². The van der Waals surface area contributed by atoms with Crippen LogP contribution >= 0.6 is 0 Å². The summed E-state index contributed by atoms with van der Waals surface area (Å²) in [5.41, 5.74) is 0.796. The third-order valence-corrected chi connectivity index (χ3v) is 2.68. The number of carbonyl (C=O) groups is 1. The van der Waals surface area contributed by atoms with Crippen molar-refractivity contribution in [2.45, 2.75) is 19.8 Å². The van der Waals surface area contributed by atoms with Gasteiger partial charge in [-0.15, -0.1) is 0 Å². The Morgan fingerprint density at radius 3 is 2.56 bits per heavy atom. The summed E-state index contributed by atoms with van der Waals surface area (Å²) in [5.74, 6) is 0.798. The van der Waals surface area contributed by atoms with Gasteiger partial charge < -0.3 is 10.1 Å². The van der Waals surface area contributed by atoms with Gasteiger partial charge in [-0.3, -0.25) is 9.69 Å². The molecule has 0 aliphatic heterocycles. The lowest BCUT2D eigenvalue weighted by molar-refractivity contribution is -0.117. The number of nitrogens with zero attached hydrogens (tertiary/aromatic N) is 1. The maximum Gasteiger partial charge on any atom is 0.238 e. The molecule has 1 amide bonds. The summed E-state index contributed by atoms with van der Waals surface area (Å²) in [5, 5.41) is 2.86. The highest BCUT2D eigenvalue weighted by Gasteiger charge is 2.06. The van der Waals surface area contributed by atoms with Crippen LogP contribution in [-0.4, -0.2) is 38.1 Å². The molecular formula is C14H22N2O2. The van der Waals surface area contributed by atoms with E-state index in [2.05, 4.69) is 12.2 Å². The van der Waals surface area contributed by atoms with Crippen molar-refractivity contribution in [3.63, 3.8) is 0 Å². The van der Waals surface area contributed by atoms with E-state index in [1.54, 1.807) is 7.11 Å². The molecule has 0 aliphatic rings. The van der Waals surface area contributed by atoms with Crippen LogP contribution in [0.4, 0.5) is 5.69 Å². The highest BCUT2D eigenvalue weighted by atomic mass is 16.5. The number of hydrogen-bond acceptors (Lipinski definition) is 3. The van der Waals surface area contributed by atoms with Crippen LogP contribution < -0.4 is 10.1 Å². The first-order valence-electron chi connectivity index (χ1n) is 6.28. The second kappa shape index (κ2) is 7.71. The van der Waals surface area contributed by atoms with Crippen molar-refractivity contribution < 1.29 is 9.53 Å². The van der Waals surface area contributed by atoms with E-state index < -0.39 is 0 Å². The molecule has 1 rings (SSSR count). The van der Waals surface area contributed by atoms with E-state index in [-0.39, 0.29) is 5.91 Å². The first-order chi connectivity index (χ1) is 8.65. The first kappa shape index (κ1) is 14.5. The number of hydrogen-bond donors (Lipinski definition) is 1. The average Bonchev–Trinajstić information content (AvgIpc) is 2.37. The Balaban J connectivity index is 2.39. The van der Waals surface area contributed by atoms with Crippen LogP contribution in [0, 0.1) is 0 Å². The van der Waals surface area contributed by atoms with Crippen LogP contribution in [0.5, 0.6) is 5.75 Å². The van der Waals surface area contributed by atoms with Gasteiger partial charge in [0.1, 0.15) is 5.75 Å². The van der Waals surface area contributed by atoms with E-state index >= 15 is 0 Å². The number of rotatable bonds is 7. The monoisotopic (exact) mass is 250 g/mol. The Kier molecular flexibility index (Phi) is 6.22. The zero-order valence-electron chi connectivity index (χ0n) is 11.4. The smallest absolute Gasteiger partial charge is 0.238 e. The van der Waals surface area contributed by atoms with E-state index in [0.29, 0.717) is 6.54 Å². The van der Waals surface area contributed by atoms with E-state index in [4.69, 9.17) is 4.74 Å². The molecule has 0 heterocycles. The summed E-state index contributed by atoms with van der Waals surface area (Å²) >= 11 is 0. The molecule has 0 atom stereocenters. The quantitative estimate of drug-likeness (QED) is 0.807. The highest BCUT2D eigenvalue weighted by Crippen LogP contribution is 2.14. The molecule has 0 saturated carbocycles. The summed E-state index contributed by atoms with van der Waals surface area (Å²) in [6.07, 6.45) is 2.26. The van der Waals surface area contributed by atoms with Crippen molar-refractivity contribution in [3.8, 4) is 5.75 Å². The van der Waals surface area contributed by atoms with Gasteiger partial charge >= 0.3 is 0 Å². The molecule has 0 radical (unpaired) electrons. The molecule has 1 aromatic carbocycles. The number of anilines is 1. The van der Waals surface area contributed by atoms with Crippen molar-refractivity contribution in [1.82, 2.24) is 4.90 Å². The first-order valence-corrected chi connectivity index (χ1v) is 6.28. The third-order valence-electron chi connectivity index (χ3n) is 2.68. The predicted octanol–water partition coefficient (Wildman–Crippen LogP) is 2.37. The minimum absolute atomic E-state index is 0.0127. The average molecular weight is 250 g/mol. The molecule has 100 valence electrons. The van der Waals surface area contributed by atoms with Gasteiger partial charge in [0.2, 0.25) is 5.91 Å². The maximum absolute atomic E-state index is 11.8. The molecule has 4 nitrogen and oxygen atoms in total. The summed E-state index contributed by atoms with van der Waals surface area (Å²) < 4.78 is 5.06. The van der Waals surface area contributed by atoms with Crippen LogP contribution in [0.25, 0.3) is 0 Å². The van der Waals surface area contributed by atoms with Crippen molar-refractivity contribution in [1.29, 1.82) is 0 Å². The molecule has 0 spiro atoms. The van der Waals surface area contributed by atoms with Crippen LogP contribution in [-0.2, 0) is 4.79 Å². The summed E-state index contributed by atoms with van der Waals surface area (Å²) in [6, 6.07) is 7.33. The fourth-order valence-electron chi connectivity index (χ4n) is 1.63. The van der Waals surface area contributed by atoms with E-state index in [0.717, 1.165) is 30.8 Å². The molecule has 4 heteroatoms. The van der Waals surface area contributed by atoms with Gasteiger partial charge in [-0.2, -0.15) is 0 Å². The van der Waals surface area contributed by atoms with Gasteiger partial charge in [-0.05, 0) is 44.3 Å². The van der Waals surface area contributed by atoms with Gasteiger partial charge in [0.15, 0.2) is 0 Å². The van der Waals surface area contributed by atoms with Crippen molar-refractivity contribution in [3.05, 3.63) is 24.3 Å². The predicted molar refractivity (Wildman–Crippen MR) is 74.0 cm³/mol. The Hall–Kier alpha value is -1.55. The molecule has 0 unspecified atom stereocenters. The molecule has 0 aliphatic carbocycles. The normalized spacial score (nSPS) is 10.4. The largest absolute Gasteiger partial charge is 0.497 e. The number of likely N-dealkylation sites (N-methyl/N-ethyl adjacent to an activating group) is 1. The Bertz CT molecular complexity index is 363. The maximum atomic E-state index is 11.8. The Morgan fingerprint density at radius 1 is 1.33 bits per heavy atom. The third kappa shape index (κ3) is 5.19. The van der Waals surface area contributed by atoms with E-state index in [9.17, 15) is 4.79 Å². The lowest BCUT2D eigenvalue weighted by Gasteiger charge is -2.15. The molecule has 1 aromatic rings. The molecule has 0 bridgehead atoms. The fourth-order valence-corrected chi connectivity index (χ4v) is 1.63. The number of carbonyl (C=O) groups excluding carboxylic acids is 1. The van der Waals surface area contributed by atoms with Gasteiger partial charge in [-0.1, -0.05) is 13.3 Å². The second-order valence-electron chi connectivity index (χ2n) is 4.37. The summed E-state index contributed by atoms with van der Waals surface area (Å²) in [7, 11) is 3.58. The molecular weight excluding hydrogens is 228 g/mol. The van der Waals surface area contributed by atoms with Crippen LogP contribution in [0.2, 0.25) is 0 Å². The van der Waals surface area contributed by atoms with E-state index in [1.165, 1.54) is 0 Å². The van der Waals surface area contributed by atoms with Crippen LogP contribution in [0.15, 0.2) is 24.3 Å². The zero-order chi connectivity index (χ0) is 13.4. The molecule has 0 fully saturated rings. The molecule has 18 heavy (non-hydrogen) atoms. The number of methoxy groups -OCH3 is 1. The zero-order valence-corrected chi connectivity index (χ0v) is 11.4. The standard InChI is InChI=1S/C14H22N2O2/c1-4-5-10-16(2)11-14(17)15-12-6-8-13(18-3)9-7-12/h6-9H,4-5,10-11H2,1-3H3,(H,15,17). The number of nitrogens with one attached hydrogen (secondary N) is 1. The molecule has 0 aromatic heterocycles. The second-order valence-corrected chi connectivity index (χ2v) is 4.37. The highest BCUT2D eigenvalue weighted by molar-refractivity contribution is 5.92. The van der Waals surface area contributed by atoms with Gasteiger partial charge in [0.25, 0.3) is 0 Å². The fraction of sp³-hybridized carbons (Fsp3) is 0.500. The number of ether oxygens (including phenoxy) is 1. The summed E-state index contributed by atoms with van der Waals surface area (Å²) in [6.45, 7) is 3.52. The van der Waals surface area contributed by atoms with E-state index in [1.807, 2.05) is 36.2 Å². The van der Waals surface area contributed by atoms with Crippen LogP contribution in [0.3, 0.4) is 0 Å².